The molecule has 7 heteroatoms. The molecule has 1 aromatic carbocycles. The van der Waals surface area contributed by atoms with Gasteiger partial charge in [-0.05, 0) is 12.0 Å². The summed E-state index contributed by atoms with van der Waals surface area (Å²) in [6.45, 7) is 4.25. The Kier molecular flexibility index (Phi) is 5.45. The number of hydrogen-bond donors (Lipinski definition) is 2. The molecule has 110 valence electrons. The maximum atomic E-state index is 12.2. The van der Waals surface area contributed by atoms with E-state index in [4.69, 9.17) is 10.5 Å². The van der Waals surface area contributed by atoms with E-state index in [2.05, 4.69) is 5.32 Å². The Morgan fingerprint density at radius 1 is 1.50 bits per heavy atom. The molecule has 0 saturated carbocycles. The summed E-state index contributed by atoms with van der Waals surface area (Å²) >= 11 is 0. The molecule has 1 unspecified atom stereocenters. The first-order valence-electron chi connectivity index (χ1n) is 6.20. The van der Waals surface area contributed by atoms with Gasteiger partial charge in [0.25, 0.3) is 11.6 Å². The molecule has 7 nitrogen and oxygen atoms in total. The van der Waals surface area contributed by atoms with Gasteiger partial charge in [0.05, 0.1) is 23.1 Å². The number of nitrogens with one attached hydrogen (secondary N) is 1. The van der Waals surface area contributed by atoms with E-state index in [1.807, 2.05) is 13.8 Å². The number of nitro benzene ring substituents is 1. The van der Waals surface area contributed by atoms with Gasteiger partial charge in [0.15, 0.2) is 0 Å². The topological polar surface area (TPSA) is 107 Å². The van der Waals surface area contributed by atoms with Gasteiger partial charge < -0.3 is 15.8 Å². The van der Waals surface area contributed by atoms with Crippen molar-refractivity contribution in [1.29, 1.82) is 0 Å². The fourth-order valence-corrected chi connectivity index (χ4v) is 1.68. The molecular weight excluding hydrogens is 262 g/mol. The van der Waals surface area contributed by atoms with Crippen LogP contribution in [0.4, 0.5) is 11.4 Å². The molecule has 1 aromatic rings. The molecular formula is C13H19N3O4. The first-order valence-corrected chi connectivity index (χ1v) is 6.20. The lowest BCUT2D eigenvalue weighted by Gasteiger charge is -2.21. The fraction of sp³-hybridized carbons (Fsp3) is 0.462. The summed E-state index contributed by atoms with van der Waals surface area (Å²) in [4.78, 5) is 22.3. The molecule has 0 saturated heterocycles. The molecule has 1 rings (SSSR count). The third-order valence-electron chi connectivity index (χ3n) is 2.96. The Hall–Kier alpha value is -2.15. The highest BCUT2D eigenvalue weighted by Crippen LogP contribution is 2.20. The average Bonchev–Trinajstić information content (AvgIpc) is 2.38. The first-order chi connectivity index (χ1) is 9.36. The Morgan fingerprint density at radius 2 is 2.15 bits per heavy atom. The van der Waals surface area contributed by atoms with Crippen LogP contribution in [-0.2, 0) is 4.74 Å². The second-order valence-corrected chi connectivity index (χ2v) is 4.81. The molecule has 0 aliphatic carbocycles. The number of nitrogen functional groups attached to an aromatic ring is 1. The van der Waals surface area contributed by atoms with Gasteiger partial charge in [0.1, 0.15) is 0 Å². The molecule has 3 N–H and O–H groups in total. The van der Waals surface area contributed by atoms with Crippen molar-refractivity contribution in [2.24, 2.45) is 5.92 Å². The number of rotatable bonds is 6. The molecule has 0 aromatic heterocycles. The zero-order chi connectivity index (χ0) is 15.3. The van der Waals surface area contributed by atoms with Gasteiger partial charge in [-0.15, -0.1) is 0 Å². The van der Waals surface area contributed by atoms with E-state index < -0.39 is 10.8 Å². The normalized spacial score (nSPS) is 12.2. The molecule has 1 atom stereocenters. The van der Waals surface area contributed by atoms with Gasteiger partial charge in [-0.25, -0.2) is 0 Å². The Bertz CT molecular complexity index is 502. The van der Waals surface area contributed by atoms with Crippen LogP contribution in [0.3, 0.4) is 0 Å². The minimum absolute atomic E-state index is 0.0981. The van der Waals surface area contributed by atoms with Crippen LogP contribution in [0.1, 0.15) is 24.2 Å². The number of methoxy groups -OCH3 is 1. The average molecular weight is 281 g/mol. The summed E-state index contributed by atoms with van der Waals surface area (Å²) in [7, 11) is 1.54. The van der Waals surface area contributed by atoms with Crippen LogP contribution in [-0.4, -0.2) is 30.6 Å². The third-order valence-corrected chi connectivity index (χ3v) is 2.96. The van der Waals surface area contributed by atoms with Gasteiger partial charge in [-0.2, -0.15) is 0 Å². The largest absolute Gasteiger partial charge is 0.398 e. The predicted molar refractivity (Wildman–Crippen MR) is 75.5 cm³/mol. The van der Waals surface area contributed by atoms with Crippen LogP contribution in [0, 0.1) is 16.0 Å². The Labute approximate surface area is 117 Å². The number of anilines is 1. The van der Waals surface area contributed by atoms with Crippen molar-refractivity contribution in [1.82, 2.24) is 5.32 Å². The van der Waals surface area contributed by atoms with E-state index in [1.54, 1.807) is 7.11 Å². The highest BCUT2D eigenvalue weighted by atomic mass is 16.6. The number of nitrogens with zero attached hydrogens (tertiary/aromatic N) is 1. The van der Waals surface area contributed by atoms with Crippen LogP contribution in [0.15, 0.2) is 18.2 Å². The van der Waals surface area contributed by atoms with Crippen molar-refractivity contribution in [2.45, 2.75) is 19.9 Å². The van der Waals surface area contributed by atoms with Crippen LogP contribution in [0.5, 0.6) is 0 Å². The summed E-state index contributed by atoms with van der Waals surface area (Å²) in [5.41, 5.74) is 5.83. The number of hydrogen-bond acceptors (Lipinski definition) is 5. The highest BCUT2D eigenvalue weighted by Gasteiger charge is 2.20. The van der Waals surface area contributed by atoms with Gasteiger partial charge >= 0.3 is 0 Å². The Balaban J connectivity index is 2.96. The van der Waals surface area contributed by atoms with E-state index in [0.717, 1.165) is 0 Å². The summed E-state index contributed by atoms with van der Waals surface area (Å²) < 4.78 is 5.04. The number of carbonyl (C=O) groups is 1. The molecule has 0 aliphatic rings. The summed E-state index contributed by atoms with van der Waals surface area (Å²) in [6, 6.07) is 3.61. The maximum absolute atomic E-state index is 12.2. The number of ether oxygens (including phenoxy) is 1. The van der Waals surface area contributed by atoms with Crippen LogP contribution < -0.4 is 11.1 Å². The number of carbonyl (C=O) groups excluding carboxylic acids is 1. The van der Waals surface area contributed by atoms with Gasteiger partial charge in [-0.3, -0.25) is 14.9 Å². The molecule has 20 heavy (non-hydrogen) atoms. The lowest BCUT2D eigenvalue weighted by atomic mass is 10.0. The second kappa shape index (κ2) is 6.85. The fourth-order valence-electron chi connectivity index (χ4n) is 1.68. The van der Waals surface area contributed by atoms with E-state index in [-0.39, 0.29) is 28.9 Å². The van der Waals surface area contributed by atoms with Crippen molar-refractivity contribution >= 4 is 17.3 Å². The van der Waals surface area contributed by atoms with Crippen LogP contribution in [0.25, 0.3) is 0 Å². The van der Waals surface area contributed by atoms with E-state index in [9.17, 15) is 14.9 Å². The van der Waals surface area contributed by atoms with Crippen LogP contribution in [0.2, 0.25) is 0 Å². The smallest absolute Gasteiger partial charge is 0.270 e. The van der Waals surface area contributed by atoms with Crippen molar-refractivity contribution in [2.75, 3.05) is 19.5 Å². The molecule has 0 heterocycles. The summed E-state index contributed by atoms with van der Waals surface area (Å²) in [5, 5.41) is 13.5. The molecule has 1 amide bonds. The van der Waals surface area contributed by atoms with Gasteiger partial charge in [0, 0.05) is 24.9 Å². The molecule has 0 spiro atoms. The summed E-state index contributed by atoms with van der Waals surface area (Å²) in [5.74, 6) is -0.277. The number of nitrogens with two attached hydrogens (primary N) is 1. The Morgan fingerprint density at radius 3 is 2.65 bits per heavy atom. The highest BCUT2D eigenvalue weighted by molar-refractivity contribution is 6.00. The van der Waals surface area contributed by atoms with E-state index in [1.165, 1.54) is 18.2 Å². The molecule has 0 radical (unpaired) electrons. The van der Waals surface area contributed by atoms with Crippen molar-refractivity contribution in [3.05, 3.63) is 33.9 Å². The molecule has 0 aliphatic heterocycles. The van der Waals surface area contributed by atoms with Crippen molar-refractivity contribution in [3.63, 3.8) is 0 Å². The van der Waals surface area contributed by atoms with E-state index >= 15 is 0 Å². The standard InChI is InChI=1S/C13H19N3O4/c1-8(2)12(7-20-3)15-13(17)10-6-9(16(18)19)4-5-11(10)14/h4-6,8,12H,7,14H2,1-3H3,(H,15,17). The van der Waals surface area contributed by atoms with E-state index in [0.29, 0.717) is 6.61 Å². The maximum Gasteiger partial charge on any atom is 0.270 e. The van der Waals surface area contributed by atoms with Crippen LogP contribution >= 0.6 is 0 Å². The van der Waals surface area contributed by atoms with Crippen molar-refractivity contribution < 1.29 is 14.5 Å². The minimum atomic E-state index is -0.564. The SMILES string of the molecule is COCC(NC(=O)c1cc([N+](=O)[O-])ccc1N)C(C)C. The first kappa shape index (κ1) is 15.9. The van der Waals surface area contributed by atoms with Gasteiger partial charge in [0.2, 0.25) is 0 Å². The minimum Gasteiger partial charge on any atom is -0.398 e. The van der Waals surface area contributed by atoms with Gasteiger partial charge in [-0.1, -0.05) is 13.8 Å². The zero-order valence-corrected chi connectivity index (χ0v) is 11.8. The number of benzene rings is 1. The quantitative estimate of drug-likeness (QED) is 0.467. The second-order valence-electron chi connectivity index (χ2n) is 4.81. The molecule has 0 bridgehead atoms. The lowest BCUT2D eigenvalue weighted by Crippen LogP contribution is -2.41. The lowest BCUT2D eigenvalue weighted by molar-refractivity contribution is -0.384. The molecule has 0 fully saturated rings. The predicted octanol–water partition coefficient (Wildman–Crippen LogP) is 1.58. The number of non-ortho nitro benzene ring substituents is 1. The monoisotopic (exact) mass is 281 g/mol. The third kappa shape index (κ3) is 3.92. The number of nitro groups is 1. The zero-order valence-electron chi connectivity index (χ0n) is 11.8. The number of amides is 1. The van der Waals surface area contributed by atoms with Crippen molar-refractivity contribution in [3.8, 4) is 0 Å². The summed E-state index contributed by atoms with van der Waals surface area (Å²) in [6.07, 6.45) is 0.